The van der Waals surface area contributed by atoms with Gasteiger partial charge in [0.1, 0.15) is 17.2 Å². The molecule has 1 fully saturated rings. The molecule has 2 aliphatic rings. The predicted molar refractivity (Wildman–Crippen MR) is 141 cm³/mol. The maximum absolute atomic E-state index is 14.7. The van der Waals surface area contributed by atoms with Crippen LogP contribution in [-0.4, -0.2) is 42.2 Å². The van der Waals surface area contributed by atoms with Crippen molar-refractivity contribution in [1.29, 1.82) is 0 Å². The van der Waals surface area contributed by atoms with Crippen molar-refractivity contribution in [1.82, 2.24) is 24.9 Å². The first-order valence-electron chi connectivity index (χ1n) is 13.5. The average Bonchev–Trinajstić information content (AvgIpc) is 3.55. The van der Waals surface area contributed by atoms with E-state index in [-0.39, 0.29) is 48.4 Å². The molecule has 1 unspecified atom stereocenters. The molecule has 2 N–H and O–H groups in total. The van der Waals surface area contributed by atoms with E-state index in [2.05, 4.69) is 20.4 Å². The third-order valence-corrected chi connectivity index (χ3v) is 7.94. The zero-order valence-corrected chi connectivity index (χ0v) is 22.6. The van der Waals surface area contributed by atoms with Gasteiger partial charge in [0.15, 0.2) is 5.82 Å². The van der Waals surface area contributed by atoms with Gasteiger partial charge in [-0.3, -0.25) is 4.79 Å². The Kier molecular flexibility index (Phi) is 7.38. The highest BCUT2D eigenvalue weighted by atomic mass is 19.1. The zero-order chi connectivity index (χ0) is 27.7. The first-order valence-corrected chi connectivity index (χ1v) is 13.5. The van der Waals surface area contributed by atoms with Gasteiger partial charge in [-0.2, -0.15) is 4.98 Å². The summed E-state index contributed by atoms with van der Waals surface area (Å²) in [5.41, 5.74) is 2.20. The molecule has 10 heteroatoms. The number of halogens is 1. The number of amides is 1. The van der Waals surface area contributed by atoms with Crippen LogP contribution in [0.5, 0.6) is 0 Å². The molecular formula is C29H34FN5O4. The van der Waals surface area contributed by atoms with E-state index >= 15 is 0 Å². The lowest BCUT2D eigenvalue weighted by molar-refractivity contribution is -0.167. The highest BCUT2D eigenvalue weighted by molar-refractivity contribution is 5.90. The molecule has 0 radical (unpaired) electrons. The van der Waals surface area contributed by atoms with Crippen LogP contribution in [0.15, 0.2) is 35.6 Å². The first-order chi connectivity index (χ1) is 18.6. The van der Waals surface area contributed by atoms with Crippen molar-refractivity contribution >= 4 is 17.7 Å². The van der Waals surface area contributed by atoms with Crippen molar-refractivity contribution in [3.05, 3.63) is 69.8 Å². The van der Waals surface area contributed by atoms with E-state index in [1.54, 1.807) is 10.6 Å². The predicted octanol–water partition coefficient (Wildman–Crippen LogP) is 4.38. The second-order valence-electron chi connectivity index (χ2n) is 10.8. The first kappa shape index (κ1) is 26.8. The summed E-state index contributed by atoms with van der Waals surface area (Å²) in [5, 5.41) is 18.2. The fourth-order valence-corrected chi connectivity index (χ4v) is 5.89. The largest absolute Gasteiger partial charge is 0.512 e. The maximum Gasteiger partial charge on any atom is 0.338 e. The molecule has 3 heterocycles. The van der Waals surface area contributed by atoms with E-state index < -0.39 is 11.6 Å². The minimum absolute atomic E-state index is 0.00898. The second-order valence-corrected chi connectivity index (χ2v) is 10.8. The highest BCUT2D eigenvalue weighted by Crippen LogP contribution is 2.46. The third kappa shape index (κ3) is 5.65. The Labute approximate surface area is 226 Å². The number of nitrogens with zero attached hydrogens (tertiary/aromatic N) is 4. The monoisotopic (exact) mass is 535 g/mol. The minimum atomic E-state index is -0.853. The van der Waals surface area contributed by atoms with E-state index in [0.29, 0.717) is 30.0 Å². The SMILES string of the molecule is CC(=O)NCc1ccc(CCC2(C3CCCC3)CC(O)=C(Cc3nc4nc(C)cc(C)n4n3)C(=O)O2)cc1F. The normalized spacial score (nSPS) is 20.1. The number of rotatable bonds is 8. The molecule has 1 aliphatic heterocycles. The molecule has 5 rings (SSSR count). The molecule has 206 valence electrons. The number of hydrogen-bond donors (Lipinski definition) is 2. The molecular weight excluding hydrogens is 501 g/mol. The van der Waals surface area contributed by atoms with Crippen molar-refractivity contribution < 1.29 is 23.8 Å². The number of ether oxygens (including phenoxy) is 1. The van der Waals surface area contributed by atoms with E-state index in [1.807, 2.05) is 26.0 Å². The Balaban J connectivity index is 1.36. The van der Waals surface area contributed by atoms with E-state index in [0.717, 1.165) is 42.6 Å². The van der Waals surface area contributed by atoms with Crippen LogP contribution in [0, 0.1) is 25.6 Å². The number of esters is 1. The van der Waals surface area contributed by atoms with Crippen molar-refractivity contribution in [3.63, 3.8) is 0 Å². The number of carbonyl (C=O) groups excluding carboxylic acids is 2. The van der Waals surface area contributed by atoms with Crippen molar-refractivity contribution in [2.75, 3.05) is 0 Å². The molecule has 1 amide bonds. The molecule has 3 aromatic rings. The number of cyclic esters (lactones) is 1. The molecule has 1 atom stereocenters. The van der Waals surface area contributed by atoms with Gasteiger partial charge in [-0.25, -0.2) is 18.7 Å². The summed E-state index contributed by atoms with van der Waals surface area (Å²) in [6.45, 7) is 5.31. The van der Waals surface area contributed by atoms with Gasteiger partial charge in [0.05, 0.1) is 5.57 Å². The summed E-state index contributed by atoms with van der Waals surface area (Å²) in [6, 6.07) is 6.87. The molecule has 9 nitrogen and oxygen atoms in total. The van der Waals surface area contributed by atoms with E-state index in [9.17, 15) is 19.1 Å². The standard InChI is InChI=1S/C29H34FN5O4/c1-17-12-18(2)35-28(32-17)33-26(34-35)14-23-25(37)15-29(39-27(23)38,22-6-4-5-7-22)11-10-20-8-9-21(24(30)13-20)16-31-19(3)36/h8-9,12-13,22,37H,4-7,10-11,14-16H2,1-3H3,(H,31,36). The Bertz CT molecular complexity index is 1460. The maximum atomic E-state index is 14.7. The van der Waals surface area contributed by atoms with Crippen LogP contribution in [0.3, 0.4) is 0 Å². The van der Waals surface area contributed by atoms with Crippen LogP contribution < -0.4 is 5.32 Å². The fourth-order valence-electron chi connectivity index (χ4n) is 5.89. The van der Waals surface area contributed by atoms with Gasteiger partial charge in [0.2, 0.25) is 5.91 Å². The summed E-state index contributed by atoms with van der Waals surface area (Å²) < 4.78 is 22.5. The lowest BCUT2D eigenvalue weighted by Gasteiger charge is -2.41. The van der Waals surface area contributed by atoms with Crippen molar-refractivity contribution in [3.8, 4) is 0 Å². The van der Waals surface area contributed by atoms with Gasteiger partial charge in [-0.1, -0.05) is 25.0 Å². The van der Waals surface area contributed by atoms with Gasteiger partial charge in [-0.15, -0.1) is 5.10 Å². The number of aryl methyl sites for hydroxylation is 3. The Morgan fingerprint density at radius 3 is 2.69 bits per heavy atom. The van der Waals surface area contributed by atoms with E-state index in [4.69, 9.17) is 4.74 Å². The van der Waals surface area contributed by atoms with Gasteiger partial charge >= 0.3 is 5.97 Å². The summed E-state index contributed by atoms with van der Waals surface area (Å²) >= 11 is 0. The van der Waals surface area contributed by atoms with Gasteiger partial charge in [0.25, 0.3) is 5.78 Å². The number of benzene rings is 1. The van der Waals surface area contributed by atoms with Crippen LogP contribution in [0.25, 0.3) is 5.78 Å². The quantitative estimate of drug-likeness (QED) is 0.411. The number of hydrogen-bond acceptors (Lipinski definition) is 7. The molecule has 0 saturated heterocycles. The van der Waals surface area contributed by atoms with Gasteiger partial charge in [0, 0.05) is 43.3 Å². The smallest absolute Gasteiger partial charge is 0.338 e. The highest BCUT2D eigenvalue weighted by Gasteiger charge is 2.48. The summed E-state index contributed by atoms with van der Waals surface area (Å²) in [5.74, 6) is -0.196. The lowest BCUT2D eigenvalue weighted by atomic mass is 9.76. The summed E-state index contributed by atoms with van der Waals surface area (Å²) in [7, 11) is 0. The number of aliphatic hydroxyl groups is 1. The van der Waals surface area contributed by atoms with Crippen molar-refractivity contribution in [2.45, 2.75) is 84.3 Å². The molecule has 1 saturated carbocycles. The fraction of sp³-hybridized carbons (Fsp3) is 0.483. The van der Waals surface area contributed by atoms with Gasteiger partial charge in [-0.05, 0) is 63.1 Å². The minimum Gasteiger partial charge on any atom is -0.512 e. The van der Waals surface area contributed by atoms with E-state index in [1.165, 1.54) is 13.0 Å². The third-order valence-electron chi connectivity index (χ3n) is 7.94. The van der Waals surface area contributed by atoms with Crippen LogP contribution in [-0.2, 0) is 33.7 Å². The molecule has 39 heavy (non-hydrogen) atoms. The number of fused-ring (bicyclic) bond motifs is 1. The van der Waals surface area contributed by atoms with Gasteiger partial charge < -0.3 is 15.2 Å². The van der Waals surface area contributed by atoms with Crippen LogP contribution in [0.4, 0.5) is 4.39 Å². The lowest BCUT2D eigenvalue weighted by Crippen LogP contribution is -2.46. The Hall–Kier alpha value is -3.82. The molecule has 2 aromatic heterocycles. The molecule has 0 spiro atoms. The summed E-state index contributed by atoms with van der Waals surface area (Å²) in [4.78, 5) is 33.4. The van der Waals surface area contributed by atoms with Crippen molar-refractivity contribution in [2.24, 2.45) is 5.92 Å². The molecule has 1 aliphatic carbocycles. The Morgan fingerprint density at radius 2 is 2.00 bits per heavy atom. The Morgan fingerprint density at radius 1 is 1.23 bits per heavy atom. The molecule has 0 bridgehead atoms. The number of aliphatic hydroxyl groups excluding tert-OH is 1. The molecule has 1 aromatic carbocycles. The van der Waals surface area contributed by atoms with Crippen LogP contribution >= 0.6 is 0 Å². The number of carbonyl (C=O) groups is 2. The second kappa shape index (κ2) is 10.7. The zero-order valence-electron chi connectivity index (χ0n) is 22.6. The number of aromatic nitrogens is 4. The topological polar surface area (TPSA) is 119 Å². The average molecular weight is 536 g/mol. The number of nitrogens with one attached hydrogen (secondary N) is 1. The van der Waals surface area contributed by atoms with Crippen LogP contribution in [0.2, 0.25) is 0 Å². The summed E-state index contributed by atoms with van der Waals surface area (Å²) in [6.07, 6.45) is 5.15. The van der Waals surface area contributed by atoms with Crippen LogP contribution in [0.1, 0.15) is 73.8 Å².